The third kappa shape index (κ3) is 6.31. The smallest absolute Gasteiger partial charge is 0.251 e. The molecule has 2 amide bonds. The van der Waals surface area contributed by atoms with Gasteiger partial charge in [-0.05, 0) is 54.3 Å². The van der Waals surface area contributed by atoms with Gasteiger partial charge in [-0.15, -0.1) is 0 Å². The van der Waals surface area contributed by atoms with Crippen molar-refractivity contribution in [2.45, 2.75) is 19.9 Å². The Labute approximate surface area is 189 Å². The molecule has 170 valence electrons. The molecule has 1 saturated carbocycles. The number of morpholine rings is 1. The normalized spacial score (nSPS) is 20.4. The summed E-state index contributed by atoms with van der Waals surface area (Å²) in [5.41, 5.74) is 2.25. The van der Waals surface area contributed by atoms with Crippen LogP contribution in [-0.2, 0) is 16.1 Å². The van der Waals surface area contributed by atoms with Gasteiger partial charge in [0, 0.05) is 43.3 Å². The van der Waals surface area contributed by atoms with E-state index < -0.39 is 0 Å². The fraction of sp³-hybridized carbons (Fsp3) is 0.440. The molecule has 0 spiro atoms. The molecule has 32 heavy (non-hydrogen) atoms. The van der Waals surface area contributed by atoms with Crippen LogP contribution in [0.1, 0.15) is 29.3 Å². The lowest BCUT2D eigenvalue weighted by Gasteiger charge is -2.26. The average molecular weight is 438 g/mol. The zero-order chi connectivity index (χ0) is 22.3. The standard InChI is InChI=1S/C25H31N3O4/c1-18-15-23(18)25(30)27-21-7-5-20(6-8-21)24(29)26-17-19-3-2-4-22(16-19)32-14-11-28-9-12-31-13-10-28/h2-8,16,18,23H,9-15,17H2,1H3,(H,26,29)(H,27,30). The second-order valence-corrected chi connectivity index (χ2v) is 8.52. The second-order valence-electron chi connectivity index (χ2n) is 8.52. The Morgan fingerprint density at radius 3 is 2.59 bits per heavy atom. The molecule has 0 radical (unpaired) electrons. The molecule has 7 nitrogen and oxygen atoms in total. The summed E-state index contributed by atoms with van der Waals surface area (Å²) in [7, 11) is 0. The van der Waals surface area contributed by atoms with E-state index in [-0.39, 0.29) is 17.7 Å². The van der Waals surface area contributed by atoms with Crippen LogP contribution in [0.4, 0.5) is 5.69 Å². The van der Waals surface area contributed by atoms with E-state index in [2.05, 4.69) is 22.5 Å². The molecule has 4 rings (SSSR count). The summed E-state index contributed by atoms with van der Waals surface area (Å²) in [6, 6.07) is 14.8. The zero-order valence-corrected chi connectivity index (χ0v) is 18.5. The number of nitrogens with zero attached hydrogens (tertiary/aromatic N) is 1. The lowest BCUT2D eigenvalue weighted by atomic mass is 10.1. The van der Waals surface area contributed by atoms with Crippen molar-refractivity contribution in [1.82, 2.24) is 10.2 Å². The van der Waals surface area contributed by atoms with E-state index in [0.29, 0.717) is 30.3 Å². The largest absolute Gasteiger partial charge is 0.492 e. The van der Waals surface area contributed by atoms with Crippen LogP contribution in [0.15, 0.2) is 48.5 Å². The summed E-state index contributed by atoms with van der Waals surface area (Å²) in [4.78, 5) is 26.9. The van der Waals surface area contributed by atoms with Crippen LogP contribution in [0, 0.1) is 11.8 Å². The monoisotopic (exact) mass is 437 g/mol. The maximum Gasteiger partial charge on any atom is 0.251 e. The first-order valence-corrected chi connectivity index (χ1v) is 11.3. The van der Waals surface area contributed by atoms with Crippen molar-refractivity contribution >= 4 is 17.5 Å². The zero-order valence-electron chi connectivity index (χ0n) is 18.5. The predicted octanol–water partition coefficient (Wildman–Crippen LogP) is 2.92. The SMILES string of the molecule is CC1CC1C(=O)Nc1ccc(C(=O)NCc2cccc(OCCN3CCOCC3)c2)cc1. The maximum atomic E-state index is 12.5. The van der Waals surface area contributed by atoms with Crippen LogP contribution in [0.3, 0.4) is 0 Å². The lowest BCUT2D eigenvalue weighted by Crippen LogP contribution is -2.38. The Balaban J connectivity index is 1.22. The van der Waals surface area contributed by atoms with Crippen molar-refractivity contribution in [2.24, 2.45) is 11.8 Å². The number of ether oxygens (including phenoxy) is 2. The summed E-state index contributed by atoms with van der Waals surface area (Å²) >= 11 is 0. The van der Waals surface area contributed by atoms with Gasteiger partial charge in [0.25, 0.3) is 5.91 Å². The Morgan fingerprint density at radius 2 is 1.88 bits per heavy atom. The highest BCUT2D eigenvalue weighted by Crippen LogP contribution is 2.38. The van der Waals surface area contributed by atoms with E-state index in [1.54, 1.807) is 24.3 Å². The molecule has 2 fully saturated rings. The van der Waals surface area contributed by atoms with Gasteiger partial charge in [0.15, 0.2) is 0 Å². The Hall–Kier alpha value is -2.90. The molecule has 2 unspecified atom stereocenters. The van der Waals surface area contributed by atoms with Crippen LogP contribution >= 0.6 is 0 Å². The third-order valence-corrected chi connectivity index (χ3v) is 5.99. The third-order valence-electron chi connectivity index (χ3n) is 5.99. The van der Waals surface area contributed by atoms with E-state index in [1.807, 2.05) is 24.3 Å². The molecule has 1 aliphatic heterocycles. The van der Waals surface area contributed by atoms with E-state index in [4.69, 9.17) is 9.47 Å². The number of carbonyl (C=O) groups is 2. The van der Waals surface area contributed by atoms with Crippen LogP contribution in [0.5, 0.6) is 5.75 Å². The van der Waals surface area contributed by atoms with Crippen molar-refractivity contribution < 1.29 is 19.1 Å². The fourth-order valence-electron chi connectivity index (χ4n) is 3.77. The predicted molar refractivity (Wildman–Crippen MR) is 123 cm³/mol. The molecule has 1 aliphatic carbocycles. The highest BCUT2D eigenvalue weighted by atomic mass is 16.5. The molecule has 2 aromatic rings. The molecule has 2 N–H and O–H groups in total. The molecule has 1 saturated heterocycles. The van der Waals surface area contributed by atoms with Gasteiger partial charge < -0.3 is 20.1 Å². The van der Waals surface area contributed by atoms with Gasteiger partial charge in [0.2, 0.25) is 5.91 Å². The van der Waals surface area contributed by atoms with E-state index >= 15 is 0 Å². The minimum Gasteiger partial charge on any atom is -0.492 e. The van der Waals surface area contributed by atoms with Gasteiger partial charge in [-0.25, -0.2) is 0 Å². The number of hydrogen-bond acceptors (Lipinski definition) is 5. The highest BCUT2D eigenvalue weighted by Gasteiger charge is 2.39. The molecule has 2 aromatic carbocycles. The van der Waals surface area contributed by atoms with Crippen LogP contribution in [0.25, 0.3) is 0 Å². The lowest BCUT2D eigenvalue weighted by molar-refractivity contribution is -0.117. The number of carbonyl (C=O) groups excluding carboxylic acids is 2. The highest BCUT2D eigenvalue weighted by molar-refractivity contribution is 5.96. The number of benzene rings is 2. The number of hydrogen-bond donors (Lipinski definition) is 2. The first-order chi connectivity index (χ1) is 15.6. The van der Waals surface area contributed by atoms with Crippen LogP contribution in [0.2, 0.25) is 0 Å². The van der Waals surface area contributed by atoms with Crippen molar-refractivity contribution in [3.05, 3.63) is 59.7 Å². The van der Waals surface area contributed by atoms with Gasteiger partial charge in [-0.2, -0.15) is 0 Å². The molecule has 2 aliphatic rings. The minimum absolute atomic E-state index is 0.0572. The topological polar surface area (TPSA) is 79.9 Å². The maximum absolute atomic E-state index is 12.5. The summed E-state index contributed by atoms with van der Waals surface area (Å²) < 4.78 is 11.2. The van der Waals surface area contributed by atoms with Crippen molar-refractivity contribution in [1.29, 1.82) is 0 Å². The van der Waals surface area contributed by atoms with Gasteiger partial charge in [0.05, 0.1) is 13.2 Å². The summed E-state index contributed by atoms with van der Waals surface area (Å²) in [5.74, 6) is 1.29. The number of rotatable bonds is 9. The van der Waals surface area contributed by atoms with Crippen LogP contribution < -0.4 is 15.4 Å². The number of nitrogens with one attached hydrogen (secondary N) is 2. The molecule has 1 heterocycles. The van der Waals surface area contributed by atoms with Crippen molar-refractivity contribution in [3.8, 4) is 5.75 Å². The summed E-state index contributed by atoms with van der Waals surface area (Å²) in [5, 5.41) is 5.85. The number of anilines is 1. The minimum atomic E-state index is -0.155. The van der Waals surface area contributed by atoms with E-state index in [9.17, 15) is 9.59 Å². The quantitative estimate of drug-likeness (QED) is 0.631. The van der Waals surface area contributed by atoms with Crippen LogP contribution in [-0.4, -0.2) is 56.2 Å². The van der Waals surface area contributed by atoms with Crippen molar-refractivity contribution in [3.63, 3.8) is 0 Å². The first kappa shape index (κ1) is 22.3. The summed E-state index contributed by atoms with van der Waals surface area (Å²) in [6.45, 7) is 7.45. The molecule has 2 atom stereocenters. The molecule has 0 aromatic heterocycles. The van der Waals surface area contributed by atoms with Gasteiger partial charge in [-0.1, -0.05) is 19.1 Å². The van der Waals surface area contributed by atoms with Gasteiger partial charge >= 0.3 is 0 Å². The van der Waals surface area contributed by atoms with E-state index in [0.717, 1.165) is 50.6 Å². The van der Waals surface area contributed by atoms with Gasteiger partial charge in [-0.3, -0.25) is 14.5 Å². The first-order valence-electron chi connectivity index (χ1n) is 11.3. The number of amides is 2. The Kier molecular flexibility index (Phi) is 7.39. The summed E-state index contributed by atoms with van der Waals surface area (Å²) in [6.07, 6.45) is 0.951. The van der Waals surface area contributed by atoms with Crippen molar-refractivity contribution in [2.75, 3.05) is 44.8 Å². The second kappa shape index (κ2) is 10.6. The Morgan fingerprint density at radius 1 is 1.12 bits per heavy atom. The molecular weight excluding hydrogens is 406 g/mol. The van der Waals surface area contributed by atoms with Gasteiger partial charge in [0.1, 0.15) is 12.4 Å². The molecular formula is C25H31N3O4. The molecule has 0 bridgehead atoms. The van der Waals surface area contributed by atoms with E-state index in [1.165, 1.54) is 0 Å². The average Bonchev–Trinajstić information content (AvgIpc) is 3.56. The molecule has 7 heteroatoms. The fourth-order valence-corrected chi connectivity index (χ4v) is 3.77. The Bertz CT molecular complexity index is 925.